The molecule has 0 unspecified atom stereocenters. The Morgan fingerprint density at radius 1 is 1.20 bits per heavy atom. The minimum absolute atomic E-state index is 0.0325. The molecule has 106 valence electrons. The summed E-state index contributed by atoms with van der Waals surface area (Å²) in [7, 11) is 1.56. The summed E-state index contributed by atoms with van der Waals surface area (Å²) in [5.74, 6) is 0.385. The van der Waals surface area contributed by atoms with Crippen molar-refractivity contribution in [1.82, 2.24) is 0 Å². The monoisotopic (exact) mass is 272 g/mol. The number of hydrogen-bond acceptors (Lipinski definition) is 3. The molecule has 0 amide bonds. The number of rotatable bonds is 3. The van der Waals surface area contributed by atoms with Crippen molar-refractivity contribution < 1.29 is 14.6 Å². The van der Waals surface area contributed by atoms with Crippen molar-refractivity contribution in [3.63, 3.8) is 0 Å². The maximum Gasteiger partial charge on any atom is 0.169 e. The van der Waals surface area contributed by atoms with Crippen LogP contribution >= 0.6 is 0 Å². The van der Waals surface area contributed by atoms with Crippen molar-refractivity contribution in [3.8, 4) is 11.5 Å². The lowest BCUT2D eigenvalue weighted by Crippen LogP contribution is -2.08. The predicted octanol–water partition coefficient (Wildman–Crippen LogP) is 4.19. The van der Waals surface area contributed by atoms with E-state index in [0.717, 1.165) is 5.39 Å². The number of phenols is 1. The number of fused-ring (bicyclic) bond motifs is 1. The largest absolute Gasteiger partial charge is 0.507 e. The van der Waals surface area contributed by atoms with Crippen LogP contribution in [0.2, 0.25) is 0 Å². The van der Waals surface area contributed by atoms with E-state index in [9.17, 15) is 9.90 Å². The number of hydrogen-bond donors (Lipinski definition) is 1. The molecule has 0 aliphatic rings. The molecule has 2 aromatic carbocycles. The van der Waals surface area contributed by atoms with Gasteiger partial charge in [0.15, 0.2) is 5.78 Å². The SMILES string of the molecule is C=C.COc1cc(C(=O)C(C)C)c(O)c2ccccc12. The van der Waals surface area contributed by atoms with Crippen LogP contribution in [0.3, 0.4) is 0 Å². The molecule has 0 bridgehead atoms. The standard InChI is InChI=1S/C15H16O3.C2H4/c1-9(2)14(16)12-8-13(18-3)10-6-4-5-7-11(10)15(12)17;1-2/h4-9,17H,1-3H3;1-2H2. The molecule has 3 heteroatoms. The Balaban J connectivity index is 0.000000956. The Morgan fingerprint density at radius 3 is 2.25 bits per heavy atom. The van der Waals surface area contributed by atoms with Gasteiger partial charge in [-0.3, -0.25) is 4.79 Å². The zero-order valence-corrected chi connectivity index (χ0v) is 12.1. The number of Topliss-reactive ketones (excluding diaryl/α,β-unsaturated/α-hetero) is 1. The third kappa shape index (κ3) is 2.82. The minimum Gasteiger partial charge on any atom is -0.507 e. The summed E-state index contributed by atoms with van der Waals surface area (Å²) >= 11 is 0. The van der Waals surface area contributed by atoms with Gasteiger partial charge in [0.05, 0.1) is 12.7 Å². The first kappa shape index (κ1) is 15.8. The van der Waals surface area contributed by atoms with Crippen LogP contribution in [0.15, 0.2) is 43.5 Å². The maximum atomic E-state index is 12.1. The van der Waals surface area contributed by atoms with Gasteiger partial charge in [-0.2, -0.15) is 0 Å². The second kappa shape index (κ2) is 6.75. The van der Waals surface area contributed by atoms with Gasteiger partial charge in [-0.1, -0.05) is 38.1 Å². The number of methoxy groups -OCH3 is 1. The molecule has 0 heterocycles. The van der Waals surface area contributed by atoms with Crippen molar-refractivity contribution in [2.24, 2.45) is 5.92 Å². The molecule has 0 aliphatic carbocycles. The quantitative estimate of drug-likeness (QED) is 0.673. The Bertz CT molecular complexity index is 615. The molecule has 0 fully saturated rings. The number of phenolic OH excluding ortho intramolecular Hbond substituents is 1. The van der Waals surface area contributed by atoms with E-state index < -0.39 is 0 Å². The number of ketones is 1. The third-order valence-electron chi connectivity index (χ3n) is 2.99. The lowest BCUT2D eigenvalue weighted by Gasteiger charge is -2.12. The van der Waals surface area contributed by atoms with Crippen molar-refractivity contribution in [2.75, 3.05) is 7.11 Å². The van der Waals surface area contributed by atoms with Gasteiger partial charge in [-0.25, -0.2) is 0 Å². The summed E-state index contributed by atoms with van der Waals surface area (Å²) in [6.45, 7) is 9.62. The first-order chi connectivity index (χ1) is 9.56. The number of benzene rings is 2. The van der Waals surface area contributed by atoms with Crippen LogP contribution in [0.25, 0.3) is 10.8 Å². The highest BCUT2D eigenvalue weighted by atomic mass is 16.5. The van der Waals surface area contributed by atoms with Crippen molar-refractivity contribution in [1.29, 1.82) is 0 Å². The van der Waals surface area contributed by atoms with E-state index in [4.69, 9.17) is 4.74 Å². The molecule has 0 saturated heterocycles. The van der Waals surface area contributed by atoms with Gasteiger partial charge < -0.3 is 9.84 Å². The van der Waals surface area contributed by atoms with Crippen LogP contribution in [-0.4, -0.2) is 18.0 Å². The average molecular weight is 272 g/mol. The van der Waals surface area contributed by atoms with Crippen LogP contribution in [0.1, 0.15) is 24.2 Å². The first-order valence-corrected chi connectivity index (χ1v) is 6.39. The van der Waals surface area contributed by atoms with Gasteiger partial charge in [-0.05, 0) is 6.07 Å². The Morgan fingerprint density at radius 2 is 1.75 bits per heavy atom. The molecule has 1 N–H and O–H groups in total. The van der Waals surface area contributed by atoms with Crippen LogP contribution in [0, 0.1) is 5.92 Å². The van der Waals surface area contributed by atoms with E-state index in [0.29, 0.717) is 16.7 Å². The van der Waals surface area contributed by atoms with E-state index in [1.54, 1.807) is 19.2 Å². The highest BCUT2D eigenvalue weighted by Crippen LogP contribution is 2.36. The van der Waals surface area contributed by atoms with E-state index in [2.05, 4.69) is 13.2 Å². The molecular formula is C17H20O3. The lowest BCUT2D eigenvalue weighted by molar-refractivity contribution is 0.0936. The molecule has 0 aliphatic heterocycles. The topological polar surface area (TPSA) is 46.5 Å². The lowest BCUT2D eigenvalue weighted by atomic mass is 9.96. The second-order valence-corrected chi connectivity index (χ2v) is 4.54. The van der Waals surface area contributed by atoms with E-state index in [1.165, 1.54) is 0 Å². The van der Waals surface area contributed by atoms with Gasteiger partial charge in [0.1, 0.15) is 11.5 Å². The molecule has 3 nitrogen and oxygen atoms in total. The normalized spacial score (nSPS) is 10.0. The second-order valence-electron chi connectivity index (χ2n) is 4.54. The Kier molecular flexibility index (Phi) is 5.32. The average Bonchev–Trinajstić information content (AvgIpc) is 2.49. The van der Waals surface area contributed by atoms with Gasteiger partial charge in [0.25, 0.3) is 0 Å². The molecule has 0 radical (unpaired) electrons. The summed E-state index contributed by atoms with van der Waals surface area (Å²) in [6.07, 6.45) is 0. The van der Waals surface area contributed by atoms with E-state index >= 15 is 0 Å². The van der Waals surface area contributed by atoms with Gasteiger partial charge in [0.2, 0.25) is 0 Å². The molecule has 0 spiro atoms. The van der Waals surface area contributed by atoms with Crippen LogP contribution < -0.4 is 4.74 Å². The number of aromatic hydroxyl groups is 1. The smallest absolute Gasteiger partial charge is 0.169 e. The summed E-state index contributed by atoms with van der Waals surface area (Å²) in [4.78, 5) is 12.1. The summed E-state index contributed by atoms with van der Waals surface area (Å²) in [5.41, 5.74) is 0.320. The molecule has 20 heavy (non-hydrogen) atoms. The zero-order chi connectivity index (χ0) is 15.3. The molecule has 0 atom stereocenters. The van der Waals surface area contributed by atoms with Crippen molar-refractivity contribution in [3.05, 3.63) is 49.1 Å². The molecule has 0 saturated carbocycles. The number of ether oxygens (including phenoxy) is 1. The fourth-order valence-electron chi connectivity index (χ4n) is 1.99. The molecule has 2 aromatic rings. The summed E-state index contributed by atoms with van der Waals surface area (Å²) in [5, 5.41) is 11.7. The predicted molar refractivity (Wildman–Crippen MR) is 82.6 cm³/mol. The van der Waals surface area contributed by atoms with Crippen LogP contribution in [0.5, 0.6) is 11.5 Å². The van der Waals surface area contributed by atoms with Crippen molar-refractivity contribution in [2.45, 2.75) is 13.8 Å². The highest BCUT2D eigenvalue weighted by Gasteiger charge is 2.19. The fraction of sp³-hybridized carbons (Fsp3) is 0.235. The van der Waals surface area contributed by atoms with E-state index in [1.807, 2.05) is 32.0 Å². The number of carbonyl (C=O) groups is 1. The number of carbonyl (C=O) groups excluding carboxylic acids is 1. The fourth-order valence-corrected chi connectivity index (χ4v) is 1.99. The molecular weight excluding hydrogens is 252 g/mol. The molecule has 0 aromatic heterocycles. The highest BCUT2D eigenvalue weighted by molar-refractivity contribution is 6.07. The van der Waals surface area contributed by atoms with Gasteiger partial charge in [-0.15, -0.1) is 13.2 Å². The first-order valence-electron chi connectivity index (χ1n) is 6.39. The molecule has 2 rings (SSSR count). The van der Waals surface area contributed by atoms with Crippen LogP contribution in [-0.2, 0) is 0 Å². The van der Waals surface area contributed by atoms with Crippen LogP contribution in [0.4, 0.5) is 0 Å². The van der Waals surface area contributed by atoms with Gasteiger partial charge >= 0.3 is 0 Å². The summed E-state index contributed by atoms with van der Waals surface area (Å²) in [6, 6.07) is 8.95. The third-order valence-corrected chi connectivity index (χ3v) is 2.99. The summed E-state index contributed by atoms with van der Waals surface area (Å²) < 4.78 is 5.29. The minimum atomic E-state index is -0.165. The van der Waals surface area contributed by atoms with Crippen molar-refractivity contribution >= 4 is 16.6 Å². The van der Waals surface area contributed by atoms with E-state index in [-0.39, 0.29) is 17.5 Å². The Labute approximate surface area is 119 Å². The Hall–Kier alpha value is -2.29. The van der Waals surface area contributed by atoms with Gasteiger partial charge in [0, 0.05) is 16.7 Å². The zero-order valence-electron chi connectivity index (χ0n) is 12.1. The maximum absolute atomic E-state index is 12.1.